The van der Waals surface area contributed by atoms with Crippen molar-refractivity contribution in [2.75, 3.05) is 0 Å². The van der Waals surface area contributed by atoms with Gasteiger partial charge >= 0.3 is 0 Å². The minimum atomic E-state index is -0.878. The predicted molar refractivity (Wildman–Crippen MR) is 54.8 cm³/mol. The summed E-state index contributed by atoms with van der Waals surface area (Å²) in [5, 5.41) is 8.81. The molecule has 0 fully saturated rings. The van der Waals surface area contributed by atoms with Crippen molar-refractivity contribution in [3.05, 3.63) is 0 Å². The van der Waals surface area contributed by atoms with Crippen LogP contribution in [0, 0.1) is 9.85 Å². The molecule has 0 aliphatic carbocycles. The summed E-state index contributed by atoms with van der Waals surface area (Å²) in [6.07, 6.45) is 0. The van der Waals surface area contributed by atoms with Crippen molar-refractivity contribution in [1.29, 1.82) is 0 Å². The van der Waals surface area contributed by atoms with Gasteiger partial charge in [-0.2, -0.15) is 0 Å². The minimum absolute atomic E-state index is 0.878. The Kier molecular flexibility index (Phi) is 4.58. The molecule has 40 valence electrons. The van der Waals surface area contributed by atoms with E-state index in [0.29, 0.717) is 0 Å². The molecule has 0 aliphatic heterocycles. The third-order valence-corrected chi connectivity index (χ3v) is 1.01. The van der Waals surface area contributed by atoms with Crippen LogP contribution in [-0.4, -0.2) is 6.72 Å². The average molecular weight is 434 g/mol. The molecule has 7 heavy (non-hydrogen) atoms. The summed E-state index contributed by atoms with van der Waals surface area (Å²) in [7, 11) is 0. The highest BCUT2D eigenvalue weighted by atomic mass is 127. The topological polar surface area (TPSA) is 20.2 Å². The van der Waals surface area contributed by atoms with Gasteiger partial charge in [-0.1, -0.05) is 0 Å². The van der Waals surface area contributed by atoms with Gasteiger partial charge in [0.25, 0.3) is 0 Å². The van der Waals surface area contributed by atoms with Crippen molar-refractivity contribution in [1.82, 2.24) is 0 Å². The fraction of sp³-hybridized carbons (Fsp3) is 0.333. The van der Waals surface area contributed by atoms with Crippen LogP contribution in [0.4, 0.5) is 0 Å². The minimum Gasteiger partial charge on any atom is -0.361 e. The zero-order valence-corrected chi connectivity index (χ0v) is 9.55. The Labute approximate surface area is 83.0 Å². The number of halogens is 3. The van der Waals surface area contributed by atoms with Crippen molar-refractivity contribution in [3.8, 4) is 9.85 Å². The van der Waals surface area contributed by atoms with Crippen molar-refractivity contribution in [2.45, 2.75) is 1.61 Å². The summed E-state index contributed by atoms with van der Waals surface area (Å²) in [5.41, 5.74) is 0. The molecule has 0 saturated carbocycles. The van der Waals surface area contributed by atoms with Gasteiger partial charge in [-0.15, -0.1) is 0 Å². The Morgan fingerprint density at radius 3 is 1.86 bits per heavy atom. The Balaban J connectivity index is 3.72. The molecule has 0 spiro atoms. The van der Waals surface area contributed by atoms with Gasteiger partial charge in [0.2, 0.25) is 1.61 Å². The highest BCUT2D eigenvalue weighted by Crippen LogP contribution is 2.21. The lowest BCUT2D eigenvalue weighted by Crippen LogP contribution is -2.02. The van der Waals surface area contributed by atoms with Gasteiger partial charge in [0.1, 0.15) is 0 Å². The van der Waals surface area contributed by atoms with Crippen LogP contribution in [0.25, 0.3) is 0 Å². The highest BCUT2D eigenvalue weighted by Gasteiger charge is 2.10. The van der Waals surface area contributed by atoms with Crippen LogP contribution in [0.5, 0.6) is 0 Å². The molecular weight excluding hydrogens is 433 g/mol. The molecule has 1 N–H and O–H groups in total. The van der Waals surface area contributed by atoms with Gasteiger partial charge < -0.3 is 5.11 Å². The molecule has 0 radical (unpaired) electrons. The van der Waals surface area contributed by atoms with Crippen LogP contribution < -0.4 is 0 Å². The number of hydrogen-bond acceptors (Lipinski definition) is 1. The zero-order valence-electron chi connectivity index (χ0n) is 3.08. The van der Waals surface area contributed by atoms with Gasteiger partial charge in [0.05, 0.1) is 0 Å². The first kappa shape index (κ1) is 8.71. The summed E-state index contributed by atoms with van der Waals surface area (Å²) in [5.74, 6) is 2.55. The number of alkyl halides is 2. The second-order valence-electron chi connectivity index (χ2n) is 0.761. The maximum Gasteiger partial charge on any atom is 0.229 e. The molecule has 0 aromatic carbocycles. The third-order valence-electron chi connectivity index (χ3n) is 0.198. The van der Waals surface area contributed by atoms with Crippen molar-refractivity contribution in [3.63, 3.8) is 0 Å². The monoisotopic (exact) mass is 434 g/mol. The van der Waals surface area contributed by atoms with Gasteiger partial charge in [0, 0.05) is 22.6 Å². The summed E-state index contributed by atoms with van der Waals surface area (Å²) < 4.78 is 1.68. The first-order valence-electron chi connectivity index (χ1n) is 1.29. The van der Waals surface area contributed by atoms with E-state index in [1.165, 1.54) is 0 Å². The molecule has 0 rings (SSSR count). The molecule has 0 bridgehead atoms. The van der Waals surface area contributed by atoms with E-state index in [0.717, 1.165) is 0 Å². The zero-order chi connectivity index (χ0) is 5.91. The second-order valence-corrected chi connectivity index (χ2v) is 6.49. The van der Waals surface area contributed by atoms with Crippen molar-refractivity contribution in [2.24, 2.45) is 0 Å². The summed E-state index contributed by atoms with van der Waals surface area (Å²) in [6, 6.07) is 0. The molecule has 1 nitrogen and oxygen atoms in total. The van der Waals surface area contributed by atoms with E-state index in [9.17, 15) is 0 Å². The summed E-state index contributed by atoms with van der Waals surface area (Å²) in [4.78, 5) is 0. The van der Waals surface area contributed by atoms with Crippen LogP contribution in [0.2, 0.25) is 0 Å². The molecule has 0 aromatic heterocycles. The Morgan fingerprint density at radius 2 is 1.86 bits per heavy atom. The molecule has 0 saturated heterocycles. The fourth-order valence-electron chi connectivity index (χ4n) is 0.0568. The third kappa shape index (κ3) is 7.71. The molecule has 4 heteroatoms. The lowest BCUT2D eigenvalue weighted by Gasteiger charge is -1.98. The van der Waals surface area contributed by atoms with E-state index in [4.69, 9.17) is 5.11 Å². The molecule has 0 unspecified atom stereocenters. The lowest BCUT2D eigenvalue weighted by molar-refractivity contribution is 0.319. The standard InChI is InChI=1S/C3HI3O/c4-2-1-3(5,6)7/h7H. The molecule has 0 amide bonds. The molecule has 0 heterocycles. The van der Waals surface area contributed by atoms with E-state index in [-0.39, 0.29) is 0 Å². The smallest absolute Gasteiger partial charge is 0.229 e. The lowest BCUT2D eigenvalue weighted by atomic mass is 10.8. The van der Waals surface area contributed by atoms with Crippen molar-refractivity contribution >= 4 is 67.8 Å². The van der Waals surface area contributed by atoms with Crippen LogP contribution >= 0.6 is 67.8 Å². The number of aliphatic hydroxyl groups is 1. The van der Waals surface area contributed by atoms with Crippen LogP contribution in [-0.2, 0) is 0 Å². The van der Waals surface area contributed by atoms with Gasteiger partial charge in [-0.3, -0.25) is 0 Å². The second kappa shape index (κ2) is 3.68. The molecule has 0 aliphatic rings. The molecule has 0 aromatic rings. The normalized spacial score (nSPS) is 9.71. The van der Waals surface area contributed by atoms with Gasteiger partial charge in [-0.05, 0) is 55.0 Å². The Hall–Kier alpha value is 1.71. The first-order valence-corrected chi connectivity index (χ1v) is 4.53. The van der Waals surface area contributed by atoms with E-state index in [1.54, 1.807) is 0 Å². The Morgan fingerprint density at radius 1 is 1.43 bits per heavy atom. The van der Waals surface area contributed by atoms with Crippen LogP contribution in [0.3, 0.4) is 0 Å². The first-order chi connectivity index (χ1) is 3.06. The van der Waals surface area contributed by atoms with Crippen LogP contribution in [0.15, 0.2) is 0 Å². The van der Waals surface area contributed by atoms with E-state index in [2.05, 4.69) is 9.85 Å². The summed E-state index contributed by atoms with van der Waals surface area (Å²) >= 11 is 5.56. The Bertz CT molecular complexity index is 104. The van der Waals surface area contributed by atoms with Crippen LogP contribution in [0.1, 0.15) is 0 Å². The van der Waals surface area contributed by atoms with Gasteiger partial charge in [-0.25, -0.2) is 0 Å². The largest absolute Gasteiger partial charge is 0.361 e. The predicted octanol–water partition coefficient (Wildman–Crippen LogP) is 1.90. The van der Waals surface area contributed by atoms with E-state index >= 15 is 0 Å². The average Bonchev–Trinajstić information content (AvgIpc) is 1.30. The SMILES string of the molecule is OC(I)(I)C#CI. The maximum absolute atomic E-state index is 8.81. The summed E-state index contributed by atoms with van der Waals surface area (Å²) in [6.45, 7) is 0. The van der Waals surface area contributed by atoms with Crippen molar-refractivity contribution < 1.29 is 5.11 Å². The van der Waals surface area contributed by atoms with E-state index < -0.39 is 1.61 Å². The van der Waals surface area contributed by atoms with E-state index in [1.807, 2.05) is 67.8 Å². The molecular formula is C3HI3O. The molecule has 0 atom stereocenters. The number of hydrogen-bond donors (Lipinski definition) is 1. The highest BCUT2D eigenvalue weighted by molar-refractivity contribution is 14.2. The fourth-order valence-corrected chi connectivity index (χ4v) is 1.75. The maximum atomic E-state index is 8.81. The quantitative estimate of drug-likeness (QED) is 0.351. The van der Waals surface area contributed by atoms with Gasteiger partial charge in [0.15, 0.2) is 0 Å². The number of rotatable bonds is 0.